The van der Waals surface area contributed by atoms with E-state index in [0.29, 0.717) is 0 Å². The molecule has 0 spiro atoms. The van der Waals surface area contributed by atoms with E-state index in [9.17, 15) is 0 Å². The smallest absolute Gasteiger partial charge is 0.0547 e. The first-order valence-electron chi connectivity index (χ1n) is 21.1. The Labute approximate surface area is 356 Å². The van der Waals surface area contributed by atoms with E-state index in [1.807, 2.05) is 0 Å². The molecule has 2 nitrogen and oxygen atoms in total. The van der Waals surface area contributed by atoms with Crippen molar-refractivity contribution in [2.45, 2.75) is 6.42 Å². The number of aromatic nitrogens is 1. The lowest BCUT2D eigenvalue weighted by molar-refractivity contribution is 1.24. The molecule has 288 valence electrons. The summed E-state index contributed by atoms with van der Waals surface area (Å²) >= 11 is 0. The second-order valence-electron chi connectivity index (χ2n) is 15.7. The van der Waals surface area contributed by atoms with Crippen LogP contribution < -0.4 is 4.90 Å². The summed E-state index contributed by atoms with van der Waals surface area (Å²) in [5.74, 6) is 0. The number of fused-ring (bicyclic) bond motifs is 5. The zero-order valence-electron chi connectivity index (χ0n) is 33.7. The lowest BCUT2D eigenvalue weighted by Crippen LogP contribution is -2.09. The number of para-hydroxylation sites is 1. The molecule has 0 bridgehead atoms. The molecular weight excluding hydrogens is 737 g/mol. The molecule has 1 aliphatic rings. The highest BCUT2D eigenvalue weighted by Gasteiger charge is 2.20. The quantitative estimate of drug-likeness (QED) is 0.149. The number of anilines is 3. The third kappa shape index (κ3) is 6.75. The monoisotopic (exact) mass is 778 g/mol. The first-order valence-corrected chi connectivity index (χ1v) is 21.1. The summed E-state index contributed by atoms with van der Waals surface area (Å²) in [5.41, 5.74) is 16.4. The molecule has 0 aliphatic heterocycles. The Kier molecular flexibility index (Phi) is 9.29. The van der Waals surface area contributed by atoms with Crippen molar-refractivity contribution >= 4 is 55.3 Å². The van der Waals surface area contributed by atoms with Gasteiger partial charge in [0, 0.05) is 33.5 Å². The Morgan fingerprint density at radius 3 is 1.67 bits per heavy atom. The maximum atomic E-state index is 2.44. The molecule has 61 heavy (non-hydrogen) atoms. The van der Waals surface area contributed by atoms with Gasteiger partial charge in [-0.25, -0.2) is 0 Å². The van der Waals surface area contributed by atoms with Crippen molar-refractivity contribution in [1.82, 2.24) is 4.57 Å². The Morgan fingerprint density at radius 1 is 0.377 bits per heavy atom. The van der Waals surface area contributed by atoms with Gasteiger partial charge in [0.15, 0.2) is 0 Å². The standard InChI is InChI=1S/C59H42N2/c1-2-11-27-51(26-10-1)61-56-31-17-30-55(59(56)58-54-29-15-14-22-45(54)34-37-57(58)61)46-23-16-28-53(41-46)60(50-24-12-5-13-25-50)52-35-32-44(33-36-52)49-39-47(42-18-6-3-7-19-42)38-48(40-49)43-20-8-4-9-21-43/h1,3-41H,2H2. The molecule has 0 saturated heterocycles. The fraction of sp³-hybridized carbons (Fsp3) is 0.0169. The fourth-order valence-electron chi connectivity index (χ4n) is 9.09. The summed E-state index contributed by atoms with van der Waals surface area (Å²) in [6.45, 7) is 0. The summed E-state index contributed by atoms with van der Waals surface area (Å²) < 4.78 is 2.44. The summed E-state index contributed by atoms with van der Waals surface area (Å²) in [6.07, 6.45) is 12.0. The minimum atomic E-state index is 0.926. The molecule has 1 heterocycles. The zero-order valence-corrected chi connectivity index (χ0v) is 33.7. The molecule has 0 saturated carbocycles. The number of hydrogen-bond donors (Lipinski definition) is 0. The summed E-state index contributed by atoms with van der Waals surface area (Å²) in [4.78, 5) is 2.37. The normalized spacial score (nSPS) is 12.5. The van der Waals surface area contributed by atoms with Crippen molar-refractivity contribution in [3.63, 3.8) is 0 Å². The van der Waals surface area contributed by atoms with Crippen molar-refractivity contribution < 1.29 is 0 Å². The predicted molar refractivity (Wildman–Crippen MR) is 261 cm³/mol. The van der Waals surface area contributed by atoms with Gasteiger partial charge < -0.3 is 9.47 Å². The molecule has 1 aromatic heterocycles. The molecule has 0 amide bonds. The molecule has 0 radical (unpaired) electrons. The van der Waals surface area contributed by atoms with Crippen molar-refractivity contribution in [2.75, 3.05) is 4.90 Å². The average molecular weight is 779 g/mol. The van der Waals surface area contributed by atoms with Crippen LogP contribution in [0.1, 0.15) is 6.42 Å². The van der Waals surface area contributed by atoms with Crippen LogP contribution in [0.4, 0.5) is 17.1 Å². The number of rotatable bonds is 8. The van der Waals surface area contributed by atoms with E-state index in [-0.39, 0.29) is 0 Å². The third-order valence-corrected chi connectivity index (χ3v) is 11.9. The van der Waals surface area contributed by atoms with E-state index in [2.05, 4.69) is 252 Å². The number of allylic oxidation sites excluding steroid dienone is 6. The van der Waals surface area contributed by atoms with Crippen molar-refractivity contribution in [1.29, 1.82) is 0 Å². The van der Waals surface area contributed by atoms with Gasteiger partial charge in [0.05, 0.1) is 11.0 Å². The molecule has 0 atom stereocenters. The first-order chi connectivity index (χ1) is 30.3. The molecule has 1 aliphatic carbocycles. The van der Waals surface area contributed by atoms with Crippen LogP contribution in [0.5, 0.6) is 0 Å². The van der Waals surface area contributed by atoms with Crippen LogP contribution in [0.3, 0.4) is 0 Å². The minimum Gasteiger partial charge on any atom is -0.310 e. The van der Waals surface area contributed by atoms with Gasteiger partial charge in [0.25, 0.3) is 0 Å². The number of hydrogen-bond acceptors (Lipinski definition) is 1. The van der Waals surface area contributed by atoms with Crippen molar-refractivity contribution in [2.24, 2.45) is 0 Å². The number of nitrogens with zero attached hydrogens (tertiary/aromatic N) is 2. The third-order valence-electron chi connectivity index (χ3n) is 11.9. The van der Waals surface area contributed by atoms with Crippen LogP contribution >= 0.6 is 0 Å². The van der Waals surface area contributed by atoms with Crippen molar-refractivity contribution in [3.05, 3.63) is 243 Å². The molecule has 10 aromatic rings. The van der Waals surface area contributed by atoms with Crippen LogP contribution in [0.2, 0.25) is 0 Å². The highest BCUT2D eigenvalue weighted by Crippen LogP contribution is 2.44. The second-order valence-corrected chi connectivity index (χ2v) is 15.7. The number of benzene rings is 9. The van der Waals surface area contributed by atoms with Gasteiger partial charge in [-0.15, -0.1) is 0 Å². The Hall–Kier alpha value is -7.94. The van der Waals surface area contributed by atoms with E-state index in [4.69, 9.17) is 0 Å². The first kappa shape index (κ1) is 36.2. The molecule has 11 rings (SSSR count). The zero-order chi connectivity index (χ0) is 40.5. The van der Waals surface area contributed by atoms with Gasteiger partial charge in [-0.1, -0.05) is 164 Å². The van der Waals surface area contributed by atoms with E-state index in [1.54, 1.807) is 0 Å². The van der Waals surface area contributed by atoms with E-state index in [0.717, 1.165) is 29.2 Å². The Bertz CT molecular complexity index is 3240. The SMILES string of the molecule is C1=CCC=CC(n2c3cccc(-c4cccc(N(c5ccccc5)c5ccc(-c6cc(-c7ccccc7)cc(-c7ccccc7)c6)cc5)c4)c3c3c4ccccc4ccc32)=C1. The van der Waals surface area contributed by atoms with E-state index in [1.165, 1.54) is 77.1 Å². The predicted octanol–water partition coefficient (Wildman–Crippen LogP) is 16.4. The van der Waals surface area contributed by atoms with E-state index >= 15 is 0 Å². The summed E-state index contributed by atoms with van der Waals surface area (Å²) in [7, 11) is 0. The van der Waals surface area contributed by atoms with Gasteiger partial charge in [-0.2, -0.15) is 0 Å². The maximum absolute atomic E-state index is 2.44. The Balaban J connectivity index is 1.05. The molecular formula is C59H42N2. The molecule has 9 aromatic carbocycles. The van der Waals surface area contributed by atoms with Gasteiger partial charge in [-0.05, 0) is 141 Å². The van der Waals surface area contributed by atoms with E-state index < -0.39 is 0 Å². The topological polar surface area (TPSA) is 8.17 Å². The largest absolute Gasteiger partial charge is 0.310 e. The highest BCUT2D eigenvalue weighted by molar-refractivity contribution is 6.25. The lowest BCUT2D eigenvalue weighted by atomic mass is 9.93. The highest BCUT2D eigenvalue weighted by atomic mass is 15.1. The molecule has 0 fully saturated rings. The van der Waals surface area contributed by atoms with Crippen LogP contribution in [0.25, 0.3) is 82.8 Å². The lowest BCUT2D eigenvalue weighted by Gasteiger charge is -2.26. The fourth-order valence-corrected chi connectivity index (χ4v) is 9.09. The van der Waals surface area contributed by atoms with Gasteiger partial charge >= 0.3 is 0 Å². The molecule has 0 N–H and O–H groups in total. The molecule has 0 unspecified atom stereocenters. The summed E-state index contributed by atoms with van der Waals surface area (Å²) in [5, 5.41) is 5.04. The van der Waals surface area contributed by atoms with Crippen LogP contribution in [-0.4, -0.2) is 4.57 Å². The van der Waals surface area contributed by atoms with Gasteiger partial charge in [0.1, 0.15) is 0 Å². The van der Waals surface area contributed by atoms with Gasteiger partial charge in [0.2, 0.25) is 0 Å². The van der Waals surface area contributed by atoms with Crippen LogP contribution in [-0.2, 0) is 0 Å². The van der Waals surface area contributed by atoms with Crippen LogP contribution in [0, 0.1) is 0 Å². The Morgan fingerprint density at radius 2 is 0.951 bits per heavy atom. The van der Waals surface area contributed by atoms with Crippen LogP contribution in [0.15, 0.2) is 243 Å². The van der Waals surface area contributed by atoms with Crippen molar-refractivity contribution in [3.8, 4) is 44.5 Å². The maximum Gasteiger partial charge on any atom is 0.0547 e. The second kappa shape index (κ2) is 15.7. The molecule has 2 heteroatoms. The average Bonchev–Trinajstić information content (AvgIpc) is 3.45. The minimum absolute atomic E-state index is 0.926. The summed E-state index contributed by atoms with van der Waals surface area (Å²) in [6, 6.07) is 77.2. The van der Waals surface area contributed by atoms with Gasteiger partial charge in [-0.3, -0.25) is 0 Å².